The summed E-state index contributed by atoms with van der Waals surface area (Å²) in [6, 6.07) is 4.01. The third-order valence-corrected chi connectivity index (χ3v) is 5.13. The van der Waals surface area contributed by atoms with Gasteiger partial charge in [0, 0.05) is 43.9 Å². The van der Waals surface area contributed by atoms with E-state index in [1.807, 2.05) is 12.3 Å². The van der Waals surface area contributed by atoms with Gasteiger partial charge in [-0.15, -0.1) is 0 Å². The molecule has 9 nitrogen and oxygen atoms in total. The molecule has 3 aromatic heterocycles. The van der Waals surface area contributed by atoms with Crippen LogP contribution in [0.4, 0.5) is 17.2 Å². The van der Waals surface area contributed by atoms with Gasteiger partial charge < -0.3 is 25.1 Å². The SMILES string of the molecule is OC1NCc2c(-c3cnco3)ncc(Nc3ccc(N4CCNCC4)cn3)c21. The molecule has 0 radical (unpaired) electrons. The van der Waals surface area contributed by atoms with E-state index in [0.29, 0.717) is 23.8 Å². The Balaban J connectivity index is 1.42. The predicted octanol–water partition coefficient (Wildman–Crippen LogP) is 1.38. The van der Waals surface area contributed by atoms with Crippen molar-refractivity contribution >= 4 is 17.2 Å². The first-order valence-electron chi connectivity index (χ1n) is 9.30. The standard InChI is InChI=1S/C19H21N7O2/c27-19-17-13(8-24-19)18(15-10-21-11-28-15)23-9-14(17)25-16-2-1-12(7-22-16)26-5-3-20-4-6-26/h1-2,7,9-11,19-20,24,27H,3-6,8H2,(H,22,25). The summed E-state index contributed by atoms with van der Waals surface area (Å²) in [7, 11) is 0. The molecule has 5 heterocycles. The van der Waals surface area contributed by atoms with E-state index in [4.69, 9.17) is 4.42 Å². The molecule has 1 unspecified atom stereocenters. The van der Waals surface area contributed by atoms with Gasteiger partial charge in [-0.2, -0.15) is 0 Å². The second kappa shape index (κ2) is 7.19. The number of hydrogen-bond donors (Lipinski definition) is 4. The maximum Gasteiger partial charge on any atom is 0.181 e. The number of rotatable bonds is 4. The highest BCUT2D eigenvalue weighted by Crippen LogP contribution is 2.37. The smallest absolute Gasteiger partial charge is 0.181 e. The van der Waals surface area contributed by atoms with E-state index in [0.717, 1.165) is 48.7 Å². The monoisotopic (exact) mass is 379 g/mol. The van der Waals surface area contributed by atoms with Gasteiger partial charge in [-0.1, -0.05) is 0 Å². The van der Waals surface area contributed by atoms with E-state index in [-0.39, 0.29) is 0 Å². The number of piperazine rings is 1. The van der Waals surface area contributed by atoms with Gasteiger partial charge in [0.25, 0.3) is 0 Å². The van der Waals surface area contributed by atoms with Crippen molar-refractivity contribution in [2.75, 3.05) is 36.4 Å². The fourth-order valence-electron chi connectivity index (χ4n) is 3.71. The number of fused-ring (bicyclic) bond motifs is 1. The summed E-state index contributed by atoms with van der Waals surface area (Å²) in [6.07, 6.45) is 5.79. The molecule has 144 valence electrons. The van der Waals surface area contributed by atoms with Gasteiger partial charge in [-0.25, -0.2) is 9.97 Å². The van der Waals surface area contributed by atoms with E-state index in [1.54, 1.807) is 12.4 Å². The highest BCUT2D eigenvalue weighted by Gasteiger charge is 2.28. The van der Waals surface area contributed by atoms with Crippen LogP contribution in [0, 0.1) is 0 Å². The van der Waals surface area contributed by atoms with Gasteiger partial charge in [0.1, 0.15) is 17.7 Å². The van der Waals surface area contributed by atoms with Crippen LogP contribution in [0.1, 0.15) is 17.4 Å². The maximum atomic E-state index is 10.4. The van der Waals surface area contributed by atoms with Gasteiger partial charge in [0.2, 0.25) is 0 Å². The van der Waals surface area contributed by atoms with E-state index in [2.05, 4.69) is 41.9 Å². The summed E-state index contributed by atoms with van der Waals surface area (Å²) in [5.74, 6) is 1.28. The molecule has 3 aromatic rings. The lowest BCUT2D eigenvalue weighted by Crippen LogP contribution is -2.43. The topological polar surface area (TPSA) is 111 Å². The molecule has 1 fully saturated rings. The number of nitrogens with one attached hydrogen (secondary N) is 3. The fourth-order valence-corrected chi connectivity index (χ4v) is 3.71. The third kappa shape index (κ3) is 3.09. The molecule has 0 bridgehead atoms. The molecule has 0 aromatic carbocycles. The number of oxazole rings is 1. The summed E-state index contributed by atoms with van der Waals surface area (Å²) in [5, 5.41) is 20.1. The van der Waals surface area contributed by atoms with Gasteiger partial charge in [-0.3, -0.25) is 10.3 Å². The Morgan fingerprint density at radius 1 is 1.14 bits per heavy atom. The average molecular weight is 379 g/mol. The summed E-state index contributed by atoms with van der Waals surface area (Å²) in [6.45, 7) is 4.44. The van der Waals surface area contributed by atoms with Crippen molar-refractivity contribution in [3.05, 3.63) is 48.2 Å². The molecular formula is C19H21N7O2. The average Bonchev–Trinajstić information content (AvgIpc) is 3.40. The number of hydrogen-bond acceptors (Lipinski definition) is 9. The Morgan fingerprint density at radius 2 is 2.04 bits per heavy atom. The summed E-state index contributed by atoms with van der Waals surface area (Å²) in [5.41, 5.74) is 4.17. The first-order valence-corrected chi connectivity index (χ1v) is 9.30. The van der Waals surface area contributed by atoms with Crippen molar-refractivity contribution in [1.82, 2.24) is 25.6 Å². The number of nitrogens with zero attached hydrogens (tertiary/aromatic N) is 4. The van der Waals surface area contributed by atoms with E-state index < -0.39 is 6.23 Å². The molecule has 9 heteroatoms. The third-order valence-electron chi connectivity index (χ3n) is 5.13. The highest BCUT2D eigenvalue weighted by atomic mass is 16.3. The van der Waals surface area contributed by atoms with E-state index in [9.17, 15) is 5.11 Å². The molecule has 0 saturated carbocycles. The second-order valence-electron chi connectivity index (χ2n) is 6.83. The Hall–Kier alpha value is -3.01. The number of pyridine rings is 2. The molecular weight excluding hydrogens is 358 g/mol. The van der Waals surface area contributed by atoms with Gasteiger partial charge in [0.15, 0.2) is 12.2 Å². The quantitative estimate of drug-likeness (QED) is 0.534. The van der Waals surface area contributed by atoms with Crippen LogP contribution >= 0.6 is 0 Å². The van der Waals surface area contributed by atoms with Crippen molar-refractivity contribution < 1.29 is 9.52 Å². The summed E-state index contributed by atoms with van der Waals surface area (Å²) >= 11 is 0. The lowest BCUT2D eigenvalue weighted by molar-refractivity contribution is 0.152. The lowest BCUT2D eigenvalue weighted by atomic mass is 10.1. The zero-order chi connectivity index (χ0) is 18.9. The van der Waals surface area contributed by atoms with Gasteiger partial charge in [-0.05, 0) is 12.1 Å². The minimum atomic E-state index is -0.776. The van der Waals surface area contributed by atoms with Crippen LogP contribution in [-0.4, -0.2) is 46.2 Å². The van der Waals surface area contributed by atoms with Crippen molar-refractivity contribution in [2.24, 2.45) is 0 Å². The van der Waals surface area contributed by atoms with Crippen LogP contribution in [0.2, 0.25) is 0 Å². The van der Waals surface area contributed by atoms with Crippen LogP contribution in [0.3, 0.4) is 0 Å². The summed E-state index contributed by atoms with van der Waals surface area (Å²) < 4.78 is 5.38. The number of aliphatic hydroxyl groups is 1. The molecule has 1 saturated heterocycles. The van der Waals surface area contributed by atoms with Crippen molar-refractivity contribution in [2.45, 2.75) is 12.8 Å². The van der Waals surface area contributed by atoms with Crippen molar-refractivity contribution in [1.29, 1.82) is 0 Å². The first kappa shape index (κ1) is 17.1. The molecule has 1 atom stereocenters. The molecule has 28 heavy (non-hydrogen) atoms. The van der Waals surface area contributed by atoms with Crippen LogP contribution in [0.5, 0.6) is 0 Å². The van der Waals surface area contributed by atoms with E-state index in [1.165, 1.54) is 6.39 Å². The molecule has 4 N–H and O–H groups in total. The number of aliphatic hydroxyl groups excluding tert-OH is 1. The molecule has 0 aliphatic carbocycles. The molecule has 0 spiro atoms. The number of aromatic nitrogens is 3. The van der Waals surface area contributed by atoms with Crippen LogP contribution in [-0.2, 0) is 6.54 Å². The zero-order valence-electron chi connectivity index (χ0n) is 15.2. The van der Waals surface area contributed by atoms with E-state index >= 15 is 0 Å². The highest BCUT2D eigenvalue weighted by molar-refractivity contribution is 5.70. The molecule has 2 aliphatic rings. The minimum absolute atomic E-state index is 0.504. The minimum Gasteiger partial charge on any atom is -0.442 e. The van der Waals surface area contributed by atoms with Gasteiger partial charge >= 0.3 is 0 Å². The predicted molar refractivity (Wildman–Crippen MR) is 104 cm³/mol. The lowest BCUT2D eigenvalue weighted by Gasteiger charge is -2.29. The van der Waals surface area contributed by atoms with Crippen LogP contribution < -0.4 is 20.9 Å². The Labute approximate surface area is 161 Å². The van der Waals surface area contributed by atoms with Crippen LogP contribution in [0.25, 0.3) is 11.5 Å². The number of anilines is 3. The molecule has 5 rings (SSSR count). The van der Waals surface area contributed by atoms with Crippen LogP contribution in [0.15, 0.2) is 41.5 Å². The Bertz CT molecular complexity index is 953. The fraction of sp³-hybridized carbons (Fsp3) is 0.316. The zero-order valence-corrected chi connectivity index (χ0v) is 15.2. The summed E-state index contributed by atoms with van der Waals surface area (Å²) in [4.78, 5) is 15.3. The van der Waals surface area contributed by atoms with Crippen molar-refractivity contribution in [3.8, 4) is 11.5 Å². The Kier molecular flexibility index (Phi) is 4.40. The van der Waals surface area contributed by atoms with Crippen molar-refractivity contribution in [3.63, 3.8) is 0 Å². The van der Waals surface area contributed by atoms with Gasteiger partial charge in [0.05, 0.1) is 30.0 Å². The maximum absolute atomic E-state index is 10.4. The Morgan fingerprint density at radius 3 is 2.79 bits per heavy atom. The normalized spacial score (nSPS) is 18.9. The molecule has 0 amide bonds. The largest absolute Gasteiger partial charge is 0.442 e. The molecule has 2 aliphatic heterocycles. The first-order chi connectivity index (χ1) is 13.8. The second-order valence-corrected chi connectivity index (χ2v) is 6.83.